The van der Waals surface area contributed by atoms with E-state index >= 15 is 0 Å². The third-order valence-corrected chi connectivity index (χ3v) is 5.76. The van der Waals surface area contributed by atoms with Gasteiger partial charge in [0.25, 0.3) is 0 Å². The SMILES string of the molecule is C/C(=N/Nc1nc(-c2ccc(C)cc2)cs1)c1ccc(OCc2ccc(Cl)cc2)cc1. The average Bonchev–Trinajstić information content (AvgIpc) is 3.27. The smallest absolute Gasteiger partial charge is 0.203 e. The zero-order valence-corrected chi connectivity index (χ0v) is 18.9. The van der Waals surface area contributed by atoms with Crippen LogP contribution in [0.4, 0.5) is 5.13 Å². The molecule has 0 radical (unpaired) electrons. The monoisotopic (exact) mass is 447 g/mol. The molecule has 4 aromatic rings. The number of halogens is 1. The molecule has 0 spiro atoms. The van der Waals surface area contributed by atoms with Crippen molar-refractivity contribution < 1.29 is 4.74 Å². The fourth-order valence-electron chi connectivity index (χ4n) is 2.92. The molecule has 0 atom stereocenters. The minimum atomic E-state index is 0.499. The molecule has 6 heteroatoms. The molecule has 0 fully saturated rings. The van der Waals surface area contributed by atoms with Gasteiger partial charge in [0.2, 0.25) is 5.13 Å². The number of hydrogen-bond acceptors (Lipinski definition) is 5. The Balaban J connectivity index is 1.35. The van der Waals surface area contributed by atoms with Gasteiger partial charge in [-0.05, 0) is 61.4 Å². The largest absolute Gasteiger partial charge is 0.489 e. The topological polar surface area (TPSA) is 46.5 Å². The molecule has 0 amide bonds. The maximum Gasteiger partial charge on any atom is 0.203 e. The van der Waals surface area contributed by atoms with Gasteiger partial charge in [0.1, 0.15) is 12.4 Å². The maximum absolute atomic E-state index is 5.91. The van der Waals surface area contributed by atoms with Crippen molar-refractivity contribution in [2.45, 2.75) is 20.5 Å². The predicted molar refractivity (Wildman–Crippen MR) is 130 cm³/mol. The molecule has 0 bridgehead atoms. The number of benzene rings is 3. The Kier molecular flexibility index (Phi) is 6.65. The van der Waals surface area contributed by atoms with Gasteiger partial charge in [0, 0.05) is 16.0 Å². The van der Waals surface area contributed by atoms with Crippen molar-refractivity contribution >= 4 is 33.8 Å². The third-order valence-electron chi connectivity index (χ3n) is 4.76. The Hall–Kier alpha value is -3.15. The Morgan fingerprint density at radius 1 is 1.00 bits per heavy atom. The van der Waals surface area contributed by atoms with Crippen LogP contribution < -0.4 is 10.2 Å². The number of nitrogens with zero attached hydrogens (tertiary/aromatic N) is 2. The van der Waals surface area contributed by atoms with Gasteiger partial charge < -0.3 is 4.74 Å². The zero-order valence-electron chi connectivity index (χ0n) is 17.3. The standard InChI is InChI=1S/C25H22ClN3OS/c1-17-3-7-21(8-4-17)24-16-31-25(27-24)29-28-18(2)20-9-13-23(14-10-20)30-15-19-5-11-22(26)12-6-19/h3-14,16H,15H2,1-2H3,(H,27,29)/b28-18-. The second kappa shape index (κ2) is 9.77. The van der Waals surface area contributed by atoms with Crippen molar-refractivity contribution in [3.05, 3.63) is 99.9 Å². The molecule has 1 N–H and O–H groups in total. The van der Waals surface area contributed by atoms with E-state index in [1.807, 2.05) is 60.8 Å². The Morgan fingerprint density at radius 3 is 2.42 bits per heavy atom. The highest BCUT2D eigenvalue weighted by Gasteiger charge is 2.05. The van der Waals surface area contributed by atoms with Crippen LogP contribution in [-0.2, 0) is 6.61 Å². The maximum atomic E-state index is 5.91. The number of aryl methyl sites for hydroxylation is 1. The van der Waals surface area contributed by atoms with E-state index < -0.39 is 0 Å². The highest BCUT2D eigenvalue weighted by atomic mass is 35.5. The van der Waals surface area contributed by atoms with Gasteiger partial charge in [-0.15, -0.1) is 11.3 Å². The lowest BCUT2D eigenvalue weighted by Gasteiger charge is -2.08. The number of anilines is 1. The van der Waals surface area contributed by atoms with E-state index in [2.05, 4.69) is 46.7 Å². The van der Waals surface area contributed by atoms with Crippen LogP contribution in [0.15, 0.2) is 83.3 Å². The van der Waals surface area contributed by atoms with Crippen molar-refractivity contribution in [1.82, 2.24) is 4.98 Å². The molecule has 0 aliphatic heterocycles. The van der Waals surface area contributed by atoms with E-state index in [9.17, 15) is 0 Å². The number of hydrogen-bond donors (Lipinski definition) is 1. The summed E-state index contributed by atoms with van der Waals surface area (Å²) in [5.74, 6) is 0.808. The number of hydrazone groups is 1. The molecule has 0 unspecified atom stereocenters. The summed E-state index contributed by atoms with van der Waals surface area (Å²) < 4.78 is 5.84. The second-order valence-corrected chi connectivity index (χ2v) is 8.45. The van der Waals surface area contributed by atoms with Crippen LogP contribution in [0.25, 0.3) is 11.3 Å². The van der Waals surface area contributed by atoms with Gasteiger partial charge >= 0.3 is 0 Å². The fraction of sp³-hybridized carbons (Fsp3) is 0.120. The molecule has 0 aliphatic carbocycles. The van der Waals surface area contributed by atoms with Gasteiger partial charge in [-0.3, -0.25) is 5.43 Å². The van der Waals surface area contributed by atoms with Crippen molar-refractivity contribution in [2.24, 2.45) is 5.10 Å². The predicted octanol–water partition coefficient (Wildman–Crippen LogP) is 7.19. The van der Waals surface area contributed by atoms with E-state index in [0.717, 1.165) is 44.0 Å². The first-order valence-corrected chi connectivity index (χ1v) is 11.1. The first-order chi connectivity index (χ1) is 15.1. The van der Waals surface area contributed by atoms with Crippen molar-refractivity contribution in [2.75, 3.05) is 5.43 Å². The summed E-state index contributed by atoms with van der Waals surface area (Å²) in [4.78, 5) is 4.62. The van der Waals surface area contributed by atoms with E-state index in [0.29, 0.717) is 6.61 Å². The normalized spacial score (nSPS) is 11.4. The highest BCUT2D eigenvalue weighted by Crippen LogP contribution is 2.25. The zero-order chi connectivity index (χ0) is 21.6. The Bertz CT molecular complexity index is 1170. The average molecular weight is 448 g/mol. The molecule has 4 rings (SSSR count). The van der Waals surface area contributed by atoms with Crippen LogP contribution in [0.5, 0.6) is 5.75 Å². The molecule has 0 saturated heterocycles. The van der Waals surface area contributed by atoms with Crippen molar-refractivity contribution in [3.63, 3.8) is 0 Å². The molecule has 1 aromatic heterocycles. The summed E-state index contributed by atoms with van der Waals surface area (Å²) >= 11 is 7.45. The van der Waals surface area contributed by atoms with E-state index in [4.69, 9.17) is 16.3 Å². The summed E-state index contributed by atoms with van der Waals surface area (Å²) in [7, 11) is 0. The lowest BCUT2D eigenvalue weighted by molar-refractivity contribution is 0.306. The minimum Gasteiger partial charge on any atom is -0.489 e. The number of rotatable bonds is 7. The number of ether oxygens (including phenoxy) is 1. The second-order valence-electron chi connectivity index (χ2n) is 7.15. The van der Waals surface area contributed by atoms with Crippen LogP contribution in [0.2, 0.25) is 5.02 Å². The van der Waals surface area contributed by atoms with Gasteiger partial charge in [-0.25, -0.2) is 4.98 Å². The Labute approximate surface area is 191 Å². The molecule has 1 heterocycles. The minimum absolute atomic E-state index is 0.499. The summed E-state index contributed by atoms with van der Waals surface area (Å²) in [6.07, 6.45) is 0. The molecule has 156 valence electrons. The summed E-state index contributed by atoms with van der Waals surface area (Å²) in [5, 5.41) is 8.00. The number of thiazole rings is 1. The van der Waals surface area contributed by atoms with Gasteiger partial charge in [-0.1, -0.05) is 53.6 Å². The van der Waals surface area contributed by atoms with E-state index in [1.54, 1.807) is 0 Å². The number of nitrogens with one attached hydrogen (secondary N) is 1. The molecule has 4 nitrogen and oxygen atoms in total. The lowest BCUT2D eigenvalue weighted by atomic mass is 10.1. The molecule has 3 aromatic carbocycles. The van der Waals surface area contributed by atoms with Crippen molar-refractivity contribution in [3.8, 4) is 17.0 Å². The molecule has 0 saturated carbocycles. The summed E-state index contributed by atoms with van der Waals surface area (Å²) in [5.41, 5.74) is 9.31. The van der Waals surface area contributed by atoms with Gasteiger partial charge in [-0.2, -0.15) is 5.10 Å². The molecular formula is C25H22ClN3OS. The van der Waals surface area contributed by atoms with Gasteiger partial charge in [0.15, 0.2) is 0 Å². The van der Waals surface area contributed by atoms with Crippen LogP contribution in [0.3, 0.4) is 0 Å². The quantitative estimate of drug-likeness (QED) is 0.241. The lowest BCUT2D eigenvalue weighted by Crippen LogP contribution is -2.00. The fourth-order valence-corrected chi connectivity index (χ4v) is 3.71. The molecule has 0 aliphatic rings. The Morgan fingerprint density at radius 2 is 1.71 bits per heavy atom. The van der Waals surface area contributed by atoms with Crippen molar-refractivity contribution in [1.29, 1.82) is 0 Å². The van der Waals surface area contributed by atoms with E-state index in [-0.39, 0.29) is 0 Å². The van der Waals surface area contributed by atoms with Crippen LogP contribution >= 0.6 is 22.9 Å². The first kappa shape index (κ1) is 21.1. The first-order valence-electron chi connectivity index (χ1n) is 9.87. The molecule has 31 heavy (non-hydrogen) atoms. The third kappa shape index (κ3) is 5.72. The van der Waals surface area contributed by atoms with Crippen LogP contribution in [0, 0.1) is 6.92 Å². The molecular weight excluding hydrogens is 426 g/mol. The summed E-state index contributed by atoms with van der Waals surface area (Å²) in [6.45, 7) is 4.54. The van der Waals surface area contributed by atoms with Crippen LogP contribution in [0.1, 0.15) is 23.6 Å². The van der Waals surface area contributed by atoms with Crippen LogP contribution in [-0.4, -0.2) is 10.7 Å². The number of aromatic nitrogens is 1. The van der Waals surface area contributed by atoms with Gasteiger partial charge in [0.05, 0.1) is 11.4 Å². The summed E-state index contributed by atoms with van der Waals surface area (Å²) in [6, 6.07) is 23.9. The van der Waals surface area contributed by atoms with E-state index in [1.165, 1.54) is 16.9 Å². The highest BCUT2D eigenvalue weighted by molar-refractivity contribution is 7.14.